The number of nitrogens with zero attached hydrogens (tertiary/aromatic N) is 3. The van der Waals surface area contributed by atoms with Gasteiger partial charge < -0.3 is 5.32 Å². The number of benzene rings is 2. The van der Waals surface area contributed by atoms with Gasteiger partial charge in [0.25, 0.3) is 0 Å². The predicted octanol–water partition coefficient (Wildman–Crippen LogP) is 3.42. The molecular weight excluding hydrogens is 440 g/mol. The van der Waals surface area contributed by atoms with Gasteiger partial charge in [-0.15, -0.1) is 0 Å². The molecule has 1 amide bonds. The number of aromatic nitrogens is 2. The van der Waals surface area contributed by atoms with E-state index < -0.39 is 10.0 Å². The first kappa shape index (κ1) is 22.9. The second kappa shape index (κ2) is 9.29. The Hall–Kier alpha value is -3.30. The lowest BCUT2D eigenvalue weighted by molar-refractivity contribution is -0.120. The Kier molecular flexibility index (Phi) is 6.44. The molecule has 2 aromatic carbocycles. The third-order valence-electron chi connectivity index (χ3n) is 5.89. The van der Waals surface area contributed by atoms with E-state index in [9.17, 15) is 18.0 Å². The quantitative estimate of drug-likeness (QED) is 0.561. The number of carbonyl (C=O) groups is 2. The summed E-state index contributed by atoms with van der Waals surface area (Å²) in [6.07, 6.45) is 2.57. The van der Waals surface area contributed by atoms with Crippen LogP contribution in [-0.2, 0) is 14.8 Å². The third kappa shape index (κ3) is 4.89. The van der Waals surface area contributed by atoms with Crippen molar-refractivity contribution in [3.63, 3.8) is 0 Å². The Bertz CT molecular complexity index is 1290. The number of aryl methyl sites for hydroxylation is 1. The van der Waals surface area contributed by atoms with E-state index in [0.717, 1.165) is 11.4 Å². The molecule has 1 aliphatic heterocycles. The van der Waals surface area contributed by atoms with Gasteiger partial charge >= 0.3 is 0 Å². The van der Waals surface area contributed by atoms with Crippen LogP contribution in [0.15, 0.2) is 65.7 Å². The molecule has 1 N–H and O–H groups in total. The van der Waals surface area contributed by atoms with Crippen LogP contribution in [0.25, 0.3) is 5.69 Å². The zero-order valence-corrected chi connectivity index (χ0v) is 19.4. The van der Waals surface area contributed by atoms with E-state index in [1.807, 2.05) is 37.3 Å². The van der Waals surface area contributed by atoms with E-state index in [0.29, 0.717) is 24.1 Å². The molecule has 1 saturated heterocycles. The van der Waals surface area contributed by atoms with Gasteiger partial charge in [0.2, 0.25) is 15.9 Å². The average Bonchev–Trinajstić information content (AvgIpc) is 3.25. The summed E-state index contributed by atoms with van der Waals surface area (Å²) in [6.45, 7) is 3.85. The van der Waals surface area contributed by atoms with E-state index in [-0.39, 0.29) is 35.6 Å². The number of amides is 1. The van der Waals surface area contributed by atoms with Crippen molar-refractivity contribution in [1.29, 1.82) is 0 Å². The van der Waals surface area contributed by atoms with E-state index in [1.54, 1.807) is 23.0 Å². The standard InChI is InChI=1S/C24H26N4O4S/c1-17-9-12-25-28(17)22-7-4-6-21(16-22)26-24(30)19-10-13-27(14-11-19)33(31,32)23-8-3-5-20(15-23)18(2)29/h3-9,12,15-16,19H,10-11,13-14H2,1-2H3,(H,26,30). The lowest BCUT2D eigenvalue weighted by atomic mass is 9.97. The number of sulfonamides is 1. The smallest absolute Gasteiger partial charge is 0.243 e. The van der Waals surface area contributed by atoms with Crippen LogP contribution in [-0.4, -0.2) is 47.3 Å². The molecule has 1 fully saturated rings. The SMILES string of the molecule is CC(=O)c1cccc(S(=O)(=O)N2CCC(C(=O)Nc3cccc(-n4nccc4C)c3)CC2)c1. The average molecular weight is 467 g/mol. The maximum absolute atomic E-state index is 13.0. The number of hydrogen-bond acceptors (Lipinski definition) is 5. The normalized spacial score (nSPS) is 15.3. The van der Waals surface area contributed by atoms with Gasteiger partial charge in [-0.1, -0.05) is 18.2 Å². The summed E-state index contributed by atoms with van der Waals surface area (Å²) in [5.41, 5.74) is 2.87. The van der Waals surface area contributed by atoms with Gasteiger partial charge in [-0.25, -0.2) is 13.1 Å². The zero-order valence-electron chi connectivity index (χ0n) is 18.6. The van der Waals surface area contributed by atoms with Crippen LogP contribution in [0.3, 0.4) is 0 Å². The van der Waals surface area contributed by atoms with E-state index >= 15 is 0 Å². The van der Waals surface area contributed by atoms with Crippen molar-refractivity contribution in [2.45, 2.75) is 31.6 Å². The molecular formula is C24H26N4O4S. The topological polar surface area (TPSA) is 101 Å². The number of nitrogens with one attached hydrogen (secondary N) is 1. The van der Waals surface area contributed by atoms with Crippen molar-refractivity contribution < 1.29 is 18.0 Å². The Morgan fingerprint density at radius 1 is 1.03 bits per heavy atom. The molecule has 0 radical (unpaired) electrons. The molecule has 33 heavy (non-hydrogen) atoms. The zero-order chi connectivity index (χ0) is 23.6. The first-order valence-corrected chi connectivity index (χ1v) is 12.2. The van der Waals surface area contributed by atoms with E-state index in [4.69, 9.17) is 0 Å². The molecule has 9 heteroatoms. The van der Waals surface area contributed by atoms with Crippen LogP contribution in [0.2, 0.25) is 0 Å². The van der Waals surface area contributed by atoms with Crippen LogP contribution in [0.5, 0.6) is 0 Å². The fourth-order valence-corrected chi connectivity index (χ4v) is 5.50. The van der Waals surface area contributed by atoms with Crippen molar-refractivity contribution in [2.75, 3.05) is 18.4 Å². The number of carbonyl (C=O) groups excluding carboxylic acids is 2. The predicted molar refractivity (Wildman–Crippen MR) is 125 cm³/mol. The summed E-state index contributed by atoms with van der Waals surface area (Å²) in [5, 5.41) is 7.24. The summed E-state index contributed by atoms with van der Waals surface area (Å²) in [7, 11) is -3.72. The molecule has 4 rings (SSSR count). The Morgan fingerprint density at radius 3 is 2.42 bits per heavy atom. The second-order valence-electron chi connectivity index (χ2n) is 8.19. The van der Waals surface area contributed by atoms with Crippen molar-refractivity contribution in [3.8, 4) is 5.69 Å². The van der Waals surface area contributed by atoms with Gasteiger partial charge in [0.15, 0.2) is 5.78 Å². The number of ketones is 1. The van der Waals surface area contributed by atoms with Gasteiger partial charge in [-0.3, -0.25) is 9.59 Å². The van der Waals surface area contributed by atoms with Crippen LogP contribution in [0.4, 0.5) is 5.69 Å². The van der Waals surface area contributed by atoms with Gasteiger partial charge in [0.1, 0.15) is 0 Å². The van der Waals surface area contributed by atoms with Gasteiger partial charge in [-0.2, -0.15) is 9.40 Å². The van der Waals surface area contributed by atoms with E-state index in [1.165, 1.54) is 23.4 Å². The molecule has 0 saturated carbocycles. The Labute approximate surface area is 193 Å². The van der Waals surface area contributed by atoms with Crippen LogP contribution in [0, 0.1) is 12.8 Å². The lowest BCUT2D eigenvalue weighted by Crippen LogP contribution is -2.41. The largest absolute Gasteiger partial charge is 0.326 e. The summed E-state index contributed by atoms with van der Waals surface area (Å²) >= 11 is 0. The fraction of sp³-hybridized carbons (Fsp3) is 0.292. The number of rotatable bonds is 6. The maximum atomic E-state index is 13.0. The van der Waals surface area contributed by atoms with Crippen molar-refractivity contribution in [1.82, 2.24) is 14.1 Å². The Morgan fingerprint density at radius 2 is 1.76 bits per heavy atom. The third-order valence-corrected chi connectivity index (χ3v) is 7.79. The Balaban J connectivity index is 1.40. The molecule has 0 unspecified atom stereocenters. The van der Waals surface area contributed by atoms with E-state index in [2.05, 4.69) is 10.4 Å². The number of hydrogen-bond donors (Lipinski definition) is 1. The van der Waals surface area contributed by atoms with Gasteiger partial charge in [0.05, 0.1) is 10.6 Å². The first-order chi connectivity index (χ1) is 15.8. The highest BCUT2D eigenvalue weighted by Crippen LogP contribution is 2.26. The number of anilines is 1. The highest BCUT2D eigenvalue weighted by Gasteiger charge is 2.32. The van der Waals surface area contributed by atoms with Crippen molar-refractivity contribution in [3.05, 3.63) is 72.1 Å². The molecule has 8 nitrogen and oxygen atoms in total. The minimum atomic E-state index is -3.72. The lowest BCUT2D eigenvalue weighted by Gasteiger charge is -2.30. The molecule has 2 heterocycles. The molecule has 1 aromatic heterocycles. The molecule has 0 aliphatic carbocycles. The maximum Gasteiger partial charge on any atom is 0.243 e. The second-order valence-corrected chi connectivity index (χ2v) is 10.1. The highest BCUT2D eigenvalue weighted by molar-refractivity contribution is 7.89. The fourth-order valence-electron chi connectivity index (χ4n) is 3.98. The minimum Gasteiger partial charge on any atom is -0.326 e. The van der Waals surface area contributed by atoms with Crippen molar-refractivity contribution in [2.24, 2.45) is 5.92 Å². The number of Topliss-reactive ketones (excluding diaryl/α,β-unsaturated/α-hetero) is 1. The summed E-state index contributed by atoms with van der Waals surface area (Å²) in [4.78, 5) is 24.6. The monoisotopic (exact) mass is 466 g/mol. The van der Waals surface area contributed by atoms with Crippen LogP contribution >= 0.6 is 0 Å². The molecule has 3 aromatic rings. The molecule has 1 aliphatic rings. The van der Waals surface area contributed by atoms with Crippen molar-refractivity contribution >= 4 is 27.4 Å². The molecule has 0 atom stereocenters. The minimum absolute atomic E-state index is 0.101. The highest BCUT2D eigenvalue weighted by atomic mass is 32.2. The van der Waals surface area contributed by atoms with Gasteiger partial charge in [0, 0.05) is 42.1 Å². The number of piperidine rings is 1. The van der Waals surface area contributed by atoms with Gasteiger partial charge in [-0.05, 0) is 63.1 Å². The molecule has 172 valence electrons. The molecule has 0 spiro atoms. The summed E-state index contributed by atoms with van der Waals surface area (Å²) in [5.74, 6) is -0.593. The first-order valence-electron chi connectivity index (χ1n) is 10.8. The van der Waals surface area contributed by atoms with Crippen LogP contribution in [0.1, 0.15) is 35.8 Å². The van der Waals surface area contributed by atoms with Crippen LogP contribution < -0.4 is 5.32 Å². The summed E-state index contributed by atoms with van der Waals surface area (Å²) < 4.78 is 29.2. The molecule has 0 bridgehead atoms. The summed E-state index contributed by atoms with van der Waals surface area (Å²) in [6, 6.07) is 15.4.